The van der Waals surface area contributed by atoms with Crippen molar-refractivity contribution in [1.82, 2.24) is 10.5 Å². The third-order valence-electron chi connectivity index (χ3n) is 4.77. The number of pyridine rings is 1. The van der Waals surface area contributed by atoms with E-state index < -0.39 is 27.2 Å². The summed E-state index contributed by atoms with van der Waals surface area (Å²) in [7, 11) is -2.84. The number of carbonyl (C=O) groups is 1. The van der Waals surface area contributed by atoms with E-state index in [2.05, 4.69) is 4.98 Å². The lowest BCUT2D eigenvalue weighted by atomic mass is 9.97. The molecule has 162 valence electrons. The van der Waals surface area contributed by atoms with Crippen LogP contribution in [0.3, 0.4) is 0 Å². The fraction of sp³-hybridized carbons (Fsp3) is 0.143. The number of aliphatic hydroxyl groups excluding tert-OH is 1. The summed E-state index contributed by atoms with van der Waals surface area (Å²) < 4.78 is 31.8. The Bertz CT molecular complexity index is 1200. The van der Waals surface area contributed by atoms with Gasteiger partial charge in [0.25, 0.3) is 5.91 Å². The highest BCUT2D eigenvalue weighted by Gasteiger charge is 2.30. The number of benzene rings is 2. The number of sulfone groups is 1. The fourth-order valence-electron chi connectivity index (χ4n) is 3.23. The molecule has 3 rings (SSSR count). The lowest BCUT2D eigenvalue weighted by Crippen LogP contribution is -2.24. The van der Waals surface area contributed by atoms with Crippen LogP contribution in [0, 0.1) is 0 Å². The number of hydroxylamine groups is 1. The number of nitrogens with one attached hydrogen (secondary N) is 1. The molecule has 0 unspecified atom stereocenters. The lowest BCUT2D eigenvalue weighted by Gasteiger charge is -2.19. The van der Waals surface area contributed by atoms with Gasteiger partial charge < -0.3 is 15.6 Å². The molecular weight excluding hydrogens is 422 g/mol. The molecule has 5 N–H and O–H groups in total. The van der Waals surface area contributed by atoms with Gasteiger partial charge in [-0.15, -0.1) is 0 Å². The van der Waals surface area contributed by atoms with Gasteiger partial charge in [0.1, 0.15) is 5.75 Å². The molecule has 0 bridgehead atoms. The van der Waals surface area contributed by atoms with E-state index in [9.17, 15) is 23.5 Å². The molecule has 0 saturated heterocycles. The first-order valence-corrected chi connectivity index (χ1v) is 10.6. The smallest absolute Gasteiger partial charge is 0.276 e. The second-order valence-electron chi connectivity index (χ2n) is 6.62. The Hall–Kier alpha value is -3.47. The zero-order valence-corrected chi connectivity index (χ0v) is 17.4. The summed E-state index contributed by atoms with van der Waals surface area (Å²) in [5, 5.41) is 19.2. The van der Waals surface area contributed by atoms with Gasteiger partial charge in [-0.3, -0.25) is 15.0 Å². The normalized spacial score (nSPS) is 11.2. The minimum atomic E-state index is -4.28. The number of hydrogen-bond acceptors (Lipinski definition) is 8. The molecule has 1 amide bonds. The molecule has 2 aromatic carbocycles. The topological polar surface area (TPSA) is 152 Å². The molecule has 1 heterocycles. The number of amides is 1. The van der Waals surface area contributed by atoms with E-state index in [1.54, 1.807) is 24.5 Å². The number of aromatic nitrogens is 1. The third-order valence-corrected chi connectivity index (χ3v) is 6.67. The highest BCUT2D eigenvalue weighted by Crippen LogP contribution is 2.35. The van der Waals surface area contributed by atoms with Gasteiger partial charge in [-0.1, -0.05) is 6.07 Å². The van der Waals surface area contributed by atoms with Crippen molar-refractivity contribution in [3.63, 3.8) is 0 Å². The molecule has 9 nitrogen and oxygen atoms in total. The van der Waals surface area contributed by atoms with Gasteiger partial charge in [0.2, 0.25) is 9.84 Å². The monoisotopic (exact) mass is 443 g/mol. The fourth-order valence-corrected chi connectivity index (χ4v) is 4.90. The van der Waals surface area contributed by atoms with E-state index >= 15 is 0 Å². The van der Waals surface area contributed by atoms with E-state index in [1.165, 1.54) is 42.9 Å². The molecular formula is C21H21N3O6S. The van der Waals surface area contributed by atoms with Crippen LogP contribution in [-0.4, -0.2) is 36.7 Å². The predicted octanol–water partition coefficient (Wildman–Crippen LogP) is 1.71. The number of nitrogens with two attached hydrogens (primary N) is 1. The van der Waals surface area contributed by atoms with Crippen molar-refractivity contribution in [3.05, 3.63) is 77.1 Å². The zero-order chi connectivity index (χ0) is 22.6. The van der Waals surface area contributed by atoms with Crippen LogP contribution in [0.15, 0.2) is 64.6 Å². The van der Waals surface area contributed by atoms with Crippen LogP contribution in [-0.2, 0) is 22.9 Å². The van der Waals surface area contributed by atoms with Crippen LogP contribution in [0.5, 0.6) is 5.75 Å². The molecule has 0 saturated carbocycles. The summed E-state index contributed by atoms with van der Waals surface area (Å²) in [6.45, 7) is -0.733. The van der Waals surface area contributed by atoms with E-state index in [-0.39, 0.29) is 28.1 Å². The van der Waals surface area contributed by atoms with E-state index in [4.69, 9.17) is 10.5 Å². The summed E-state index contributed by atoms with van der Waals surface area (Å²) in [5.74, 6) is -0.602. The Morgan fingerprint density at radius 1 is 1.23 bits per heavy atom. The number of ether oxygens (including phenoxy) is 1. The Balaban J connectivity index is 2.25. The number of nitrogens with zero attached hydrogens (tertiary/aromatic N) is 1. The van der Waals surface area contributed by atoms with Crippen LogP contribution in [0.25, 0.3) is 0 Å². The molecule has 10 heteroatoms. The molecule has 0 aliphatic heterocycles. The van der Waals surface area contributed by atoms with Crippen LogP contribution in [0.1, 0.15) is 27.0 Å². The molecule has 0 atom stereocenters. The van der Waals surface area contributed by atoms with Crippen molar-refractivity contribution in [2.75, 3.05) is 12.8 Å². The van der Waals surface area contributed by atoms with E-state index in [0.717, 1.165) is 5.56 Å². The maximum Gasteiger partial charge on any atom is 0.276 e. The second-order valence-corrected chi connectivity index (χ2v) is 8.51. The van der Waals surface area contributed by atoms with Crippen LogP contribution in [0.2, 0.25) is 0 Å². The number of carbonyl (C=O) groups excluding carboxylic acids is 1. The highest BCUT2D eigenvalue weighted by atomic mass is 32.2. The Morgan fingerprint density at radius 3 is 2.48 bits per heavy atom. The van der Waals surface area contributed by atoms with Crippen molar-refractivity contribution in [2.45, 2.75) is 22.8 Å². The maximum absolute atomic E-state index is 13.4. The average Bonchev–Trinajstić information content (AvgIpc) is 2.80. The van der Waals surface area contributed by atoms with Crippen molar-refractivity contribution < 1.29 is 28.3 Å². The minimum Gasteiger partial charge on any atom is -0.497 e. The number of rotatable bonds is 7. The molecule has 1 aromatic heterocycles. The summed E-state index contributed by atoms with van der Waals surface area (Å²) in [6.07, 6.45) is 3.44. The molecule has 31 heavy (non-hydrogen) atoms. The number of methoxy groups -OCH3 is 1. The van der Waals surface area contributed by atoms with E-state index in [0.29, 0.717) is 11.3 Å². The quantitative estimate of drug-likeness (QED) is 0.245. The van der Waals surface area contributed by atoms with Crippen LogP contribution < -0.4 is 16.0 Å². The third kappa shape index (κ3) is 4.36. The first-order chi connectivity index (χ1) is 14.8. The molecule has 0 radical (unpaired) electrons. The number of hydrogen-bond donors (Lipinski definition) is 4. The number of anilines is 1. The van der Waals surface area contributed by atoms with Gasteiger partial charge in [0.15, 0.2) is 0 Å². The molecule has 0 aliphatic rings. The Labute approximate surface area is 179 Å². The van der Waals surface area contributed by atoms with Crippen LogP contribution >= 0.6 is 0 Å². The van der Waals surface area contributed by atoms with Gasteiger partial charge in [0, 0.05) is 30.1 Å². The van der Waals surface area contributed by atoms with Crippen molar-refractivity contribution >= 4 is 21.4 Å². The molecule has 0 fully saturated rings. The standard InChI is InChI=1S/C21H21N3O6S/c1-30-15-4-6-16(7-5-15)31(28,29)20-17(21(26)24-27)10-14(19(22)18(20)12-25)9-13-3-2-8-23-11-13/h2-8,10-11,25,27H,9,12,22H2,1H3,(H,24,26). The molecule has 0 aliphatic carbocycles. The summed E-state index contributed by atoms with van der Waals surface area (Å²) >= 11 is 0. The Kier molecular flexibility index (Phi) is 6.54. The average molecular weight is 443 g/mol. The highest BCUT2D eigenvalue weighted by molar-refractivity contribution is 7.91. The lowest BCUT2D eigenvalue weighted by molar-refractivity contribution is 0.0702. The zero-order valence-electron chi connectivity index (χ0n) is 16.6. The van der Waals surface area contributed by atoms with Gasteiger partial charge in [-0.2, -0.15) is 0 Å². The van der Waals surface area contributed by atoms with Gasteiger partial charge in [-0.05, 0) is 47.5 Å². The number of nitrogen functional groups attached to an aromatic ring is 1. The van der Waals surface area contributed by atoms with Crippen LogP contribution in [0.4, 0.5) is 5.69 Å². The second kappa shape index (κ2) is 9.13. The van der Waals surface area contributed by atoms with Gasteiger partial charge in [0.05, 0.1) is 29.1 Å². The first-order valence-electron chi connectivity index (χ1n) is 9.11. The summed E-state index contributed by atoms with van der Waals surface area (Å²) in [6, 6.07) is 10.4. The molecule has 3 aromatic rings. The van der Waals surface area contributed by atoms with Gasteiger partial charge >= 0.3 is 0 Å². The van der Waals surface area contributed by atoms with Gasteiger partial charge in [-0.25, -0.2) is 13.9 Å². The first kappa shape index (κ1) is 22.2. The maximum atomic E-state index is 13.4. The largest absolute Gasteiger partial charge is 0.497 e. The summed E-state index contributed by atoms with van der Waals surface area (Å²) in [5.41, 5.74) is 8.42. The molecule has 0 spiro atoms. The Morgan fingerprint density at radius 2 is 1.94 bits per heavy atom. The predicted molar refractivity (Wildman–Crippen MR) is 112 cm³/mol. The van der Waals surface area contributed by atoms with Crippen molar-refractivity contribution in [3.8, 4) is 5.75 Å². The van der Waals surface area contributed by atoms with Crippen molar-refractivity contribution in [2.24, 2.45) is 0 Å². The van der Waals surface area contributed by atoms with E-state index in [1.807, 2.05) is 0 Å². The summed E-state index contributed by atoms with van der Waals surface area (Å²) in [4.78, 5) is 15.8. The van der Waals surface area contributed by atoms with Crippen molar-refractivity contribution in [1.29, 1.82) is 0 Å². The minimum absolute atomic E-state index is 0.0351. The SMILES string of the molecule is COc1ccc(S(=O)(=O)c2c(C(=O)NO)cc(Cc3cccnc3)c(N)c2CO)cc1. The number of aliphatic hydroxyl groups is 1.